The number of unbranched alkanes of at least 4 members (excludes halogenated alkanes) is 3. The van der Waals surface area contributed by atoms with Gasteiger partial charge in [-0.3, -0.25) is 4.79 Å². The van der Waals surface area contributed by atoms with E-state index < -0.39 is 12.1 Å². The van der Waals surface area contributed by atoms with E-state index in [1.807, 2.05) is 44.2 Å². The minimum Gasteiger partial charge on any atom is -0.445 e. The molecule has 0 bridgehead atoms. The van der Waals surface area contributed by atoms with Crippen molar-refractivity contribution in [1.82, 2.24) is 5.32 Å². The first kappa shape index (κ1) is 20.2. The molecule has 0 aliphatic carbocycles. The Labute approximate surface area is 146 Å². The Balaban J connectivity index is 2.45. The highest BCUT2D eigenvalue weighted by Crippen LogP contribution is 2.11. The first-order valence-corrected chi connectivity index (χ1v) is 9.02. The molecule has 0 aliphatic rings. The molecule has 0 fully saturated rings. The lowest BCUT2D eigenvalue weighted by Crippen LogP contribution is -2.41. The number of rotatable bonds is 11. The number of carbonyl (C=O) groups excluding carboxylic acids is 2. The van der Waals surface area contributed by atoms with Crippen molar-refractivity contribution in [3.63, 3.8) is 0 Å². The second-order valence-electron chi connectivity index (χ2n) is 6.67. The molecule has 1 aromatic rings. The van der Waals surface area contributed by atoms with Gasteiger partial charge < -0.3 is 10.1 Å². The molecule has 1 rings (SSSR count). The normalized spacial score (nSPS) is 12.0. The minimum absolute atomic E-state index is 0.108. The Hall–Kier alpha value is -1.84. The number of alkyl carbamates (subject to hydrolysis) is 1. The number of amides is 1. The predicted molar refractivity (Wildman–Crippen MR) is 96.8 cm³/mol. The molecule has 4 nitrogen and oxygen atoms in total. The lowest BCUT2D eigenvalue weighted by molar-refractivity contribution is -0.121. The van der Waals surface area contributed by atoms with E-state index in [1.165, 1.54) is 0 Å². The van der Waals surface area contributed by atoms with Gasteiger partial charge in [-0.15, -0.1) is 0 Å². The Bertz CT molecular complexity index is 485. The van der Waals surface area contributed by atoms with E-state index in [0.29, 0.717) is 18.8 Å². The minimum atomic E-state index is -0.522. The van der Waals surface area contributed by atoms with Gasteiger partial charge in [0, 0.05) is 6.42 Å². The van der Waals surface area contributed by atoms with E-state index in [-0.39, 0.29) is 12.4 Å². The van der Waals surface area contributed by atoms with Crippen LogP contribution in [0.1, 0.15) is 64.9 Å². The summed E-state index contributed by atoms with van der Waals surface area (Å²) in [5.41, 5.74) is 0.930. The molecule has 0 heterocycles. The molecular weight excluding hydrogens is 302 g/mol. The first-order chi connectivity index (χ1) is 11.5. The summed E-state index contributed by atoms with van der Waals surface area (Å²) in [6.07, 6.45) is 4.90. The maximum absolute atomic E-state index is 12.4. The second kappa shape index (κ2) is 11.7. The topological polar surface area (TPSA) is 55.4 Å². The van der Waals surface area contributed by atoms with Crippen LogP contribution in [0.25, 0.3) is 0 Å². The smallest absolute Gasteiger partial charge is 0.408 e. The van der Waals surface area contributed by atoms with E-state index in [0.717, 1.165) is 31.2 Å². The van der Waals surface area contributed by atoms with Gasteiger partial charge in [-0.1, -0.05) is 70.4 Å². The molecule has 0 aromatic heterocycles. The summed E-state index contributed by atoms with van der Waals surface area (Å²) in [4.78, 5) is 24.4. The van der Waals surface area contributed by atoms with E-state index in [2.05, 4.69) is 12.2 Å². The predicted octanol–water partition coefficient (Wildman–Crippen LogP) is 4.87. The number of benzene rings is 1. The van der Waals surface area contributed by atoms with Crippen molar-refractivity contribution in [3.05, 3.63) is 35.9 Å². The number of carbonyl (C=O) groups is 2. The van der Waals surface area contributed by atoms with Gasteiger partial charge in [0.1, 0.15) is 6.61 Å². The van der Waals surface area contributed by atoms with Crippen molar-refractivity contribution in [3.8, 4) is 0 Å². The van der Waals surface area contributed by atoms with Gasteiger partial charge in [0.2, 0.25) is 0 Å². The van der Waals surface area contributed by atoms with Gasteiger partial charge in [-0.25, -0.2) is 4.79 Å². The number of Topliss-reactive ketones (excluding diaryl/α,β-unsaturated/α-hetero) is 1. The number of ether oxygens (including phenoxy) is 1. The van der Waals surface area contributed by atoms with Crippen LogP contribution in [0.4, 0.5) is 4.79 Å². The molecule has 0 spiro atoms. The fraction of sp³-hybridized carbons (Fsp3) is 0.600. The SMILES string of the molecule is CCCCCCC(=O)[C@H](CC(C)C)NC(=O)OCc1ccccc1. The first-order valence-electron chi connectivity index (χ1n) is 9.02. The zero-order chi connectivity index (χ0) is 17.8. The highest BCUT2D eigenvalue weighted by molar-refractivity contribution is 5.87. The van der Waals surface area contributed by atoms with Crippen LogP contribution in [0.2, 0.25) is 0 Å². The monoisotopic (exact) mass is 333 g/mol. The average Bonchev–Trinajstić information content (AvgIpc) is 2.56. The number of ketones is 1. The third-order valence-electron chi connectivity index (χ3n) is 3.88. The second-order valence-corrected chi connectivity index (χ2v) is 6.67. The van der Waals surface area contributed by atoms with E-state index in [4.69, 9.17) is 4.74 Å². The molecule has 0 radical (unpaired) electrons. The van der Waals surface area contributed by atoms with Gasteiger partial charge in [0.05, 0.1) is 6.04 Å². The maximum Gasteiger partial charge on any atom is 0.408 e. The van der Waals surface area contributed by atoms with Crippen LogP contribution in [-0.4, -0.2) is 17.9 Å². The molecule has 134 valence electrons. The average molecular weight is 333 g/mol. The maximum atomic E-state index is 12.4. The van der Waals surface area contributed by atoms with Crippen molar-refractivity contribution in [2.24, 2.45) is 5.92 Å². The standard InChI is InChI=1S/C20H31NO3/c1-4-5-6-10-13-19(22)18(14-16(2)3)21-20(23)24-15-17-11-8-7-9-12-17/h7-9,11-12,16,18H,4-6,10,13-15H2,1-3H3,(H,21,23)/t18-/m0/s1. The molecule has 1 atom stereocenters. The van der Waals surface area contributed by atoms with Crippen molar-refractivity contribution >= 4 is 11.9 Å². The van der Waals surface area contributed by atoms with Crippen LogP contribution in [0.15, 0.2) is 30.3 Å². The van der Waals surface area contributed by atoms with E-state index in [9.17, 15) is 9.59 Å². The Morgan fingerprint density at radius 3 is 2.42 bits per heavy atom. The summed E-state index contributed by atoms with van der Waals surface area (Å²) in [6.45, 7) is 6.46. The molecule has 24 heavy (non-hydrogen) atoms. The Kier molecular flexibility index (Phi) is 9.81. The van der Waals surface area contributed by atoms with E-state index >= 15 is 0 Å². The van der Waals surface area contributed by atoms with Crippen molar-refractivity contribution in [2.45, 2.75) is 71.9 Å². The molecule has 1 aromatic carbocycles. The zero-order valence-electron chi connectivity index (χ0n) is 15.2. The summed E-state index contributed by atoms with van der Waals surface area (Å²) in [7, 11) is 0. The molecule has 1 N–H and O–H groups in total. The van der Waals surface area contributed by atoms with Gasteiger partial charge in [-0.05, 0) is 24.3 Å². The summed E-state index contributed by atoms with van der Waals surface area (Å²) < 4.78 is 5.23. The van der Waals surface area contributed by atoms with Crippen LogP contribution >= 0.6 is 0 Å². The van der Waals surface area contributed by atoms with Crippen LogP contribution in [-0.2, 0) is 16.1 Å². The van der Waals surface area contributed by atoms with Gasteiger partial charge in [-0.2, -0.15) is 0 Å². The lowest BCUT2D eigenvalue weighted by Gasteiger charge is -2.19. The zero-order valence-corrected chi connectivity index (χ0v) is 15.2. The number of nitrogens with one attached hydrogen (secondary N) is 1. The Morgan fingerprint density at radius 2 is 1.79 bits per heavy atom. The van der Waals surface area contributed by atoms with Gasteiger partial charge >= 0.3 is 6.09 Å². The molecule has 0 saturated carbocycles. The fourth-order valence-corrected chi connectivity index (χ4v) is 2.55. The number of hydrogen-bond donors (Lipinski definition) is 1. The molecule has 0 saturated heterocycles. The highest BCUT2D eigenvalue weighted by atomic mass is 16.5. The van der Waals surface area contributed by atoms with Crippen LogP contribution in [0, 0.1) is 5.92 Å². The summed E-state index contributed by atoms with van der Waals surface area (Å²) in [6, 6.07) is 9.07. The third-order valence-corrected chi connectivity index (χ3v) is 3.88. The highest BCUT2D eigenvalue weighted by Gasteiger charge is 2.22. The fourth-order valence-electron chi connectivity index (χ4n) is 2.55. The van der Waals surface area contributed by atoms with Crippen molar-refractivity contribution < 1.29 is 14.3 Å². The summed E-state index contributed by atoms with van der Waals surface area (Å²) in [5.74, 6) is 0.445. The molecule has 4 heteroatoms. The van der Waals surface area contributed by atoms with E-state index in [1.54, 1.807) is 0 Å². The molecule has 1 amide bonds. The van der Waals surface area contributed by atoms with Crippen LogP contribution < -0.4 is 5.32 Å². The molecule has 0 unspecified atom stereocenters. The van der Waals surface area contributed by atoms with Gasteiger partial charge in [0.15, 0.2) is 5.78 Å². The Morgan fingerprint density at radius 1 is 1.08 bits per heavy atom. The third kappa shape index (κ3) is 8.70. The van der Waals surface area contributed by atoms with Crippen LogP contribution in [0.3, 0.4) is 0 Å². The van der Waals surface area contributed by atoms with Crippen LogP contribution in [0.5, 0.6) is 0 Å². The van der Waals surface area contributed by atoms with Gasteiger partial charge in [0.25, 0.3) is 0 Å². The van der Waals surface area contributed by atoms with Crippen molar-refractivity contribution in [1.29, 1.82) is 0 Å². The quantitative estimate of drug-likeness (QED) is 0.588. The number of hydrogen-bond acceptors (Lipinski definition) is 3. The molecule has 0 aliphatic heterocycles. The largest absolute Gasteiger partial charge is 0.445 e. The lowest BCUT2D eigenvalue weighted by atomic mass is 9.97. The molecular formula is C20H31NO3. The van der Waals surface area contributed by atoms with Crippen molar-refractivity contribution in [2.75, 3.05) is 0 Å². The summed E-state index contributed by atoms with van der Waals surface area (Å²) in [5, 5.41) is 2.75. The summed E-state index contributed by atoms with van der Waals surface area (Å²) >= 11 is 0.